The van der Waals surface area contributed by atoms with E-state index >= 15 is 0 Å². The number of aromatic nitrogens is 1. The molecule has 1 aromatic heterocycles. The van der Waals surface area contributed by atoms with Gasteiger partial charge in [-0.1, -0.05) is 37.3 Å². The fourth-order valence-corrected chi connectivity index (χ4v) is 4.89. The van der Waals surface area contributed by atoms with E-state index in [1.165, 1.54) is 16.2 Å². The second-order valence-electron chi connectivity index (χ2n) is 7.60. The Labute approximate surface area is 167 Å². The second kappa shape index (κ2) is 7.01. The van der Waals surface area contributed by atoms with Gasteiger partial charge in [-0.2, -0.15) is 0 Å². The van der Waals surface area contributed by atoms with Crippen molar-refractivity contribution in [2.75, 3.05) is 11.9 Å². The zero-order chi connectivity index (χ0) is 19.9. The first-order valence-electron chi connectivity index (χ1n) is 9.35. The first-order valence-corrected chi connectivity index (χ1v) is 10.2. The van der Waals surface area contributed by atoms with Gasteiger partial charge in [0, 0.05) is 4.88 Å². The summed E-state index contributed by atoms with van der Waals surface area (Å²) in [6, 6.07) is 8.44. The van der Waals surface area contributed by atoms with Crippen LogP contribution in [0.25, 0.3) is 0 Å². The SMILES string of the molecule is C[C@@H]1CCc2nc(NC(=O)CN3C(=O)N[C@@](C)(c4ccccc4)C3=O)sc2C1. The third-order valence-corrected chi connectivity index (χ3v) is 6.40. The monoisotopic (exact) mass is 398 g/mol. The molecule has 4 amide bonds. The average Bonchev–Trinajstić information content (AvgIpc) is 3.15. The maximum absolute atomic E-state index is 12.9. The molecule has 7 nitrogen and oxygen atoms in total. The first-order chi connectivity index (χ1) is 13.4. The van der Waals surface area contributed by atoms with Gasteiger partial charge in [-0.05, 0) is 37.7 Å². The summed E-state index contributed by atoms with van der Waals surface area (Å²) in [5.74, 6) is -0.246. The Morgan fingerprint density at radius 2 is 2.11 bits per heavy atom. The Hall–Kier alpha value is -2.74. The molecule has 1 aromatic carbocycles. The molecule has 0 unspecified atom stereocenters. The van der Waals surface area contributed by atoms with E-state index < -0.39 is 23.4 Å². The molecule has 2 atom stereocenters. The van der Waals surface area contributed by atoms with Gasteiger partial charge in [0.25, 0.3) is 5.91 Å². The molecule has 0 saturated carbocycles. The standard InChI is InChI=1S/C20H22N4O3S/c1-12-8-9-14-15(10-12)28-18(21-14)22-16(25)11-24-17(26)20(2,23-19(24)27)13-6-4-3-5-7-13/h3-7,12H,8-11H2,1-2H3,(H,23,27)(H,21,22,25)/t12-,20+/m1/s1. The van der Waals surface area contributed by atoms with Crippen molar-refractivity contribution in [1.82, 2.24) is 15.2 Å². The number of nitrogens with zero attached hydrogens (tertiary/aromatic N) is 2. The molecular weight excluding hydrogens is 376 g/mol. The molecular formula is C20H22N4O3S. The molecule has 8 heteroatoms. The number of anilines is 1. The van der Waals surface area contributed by atoms with Crippen LogP contribution in [0.3, 0.4) is 0 Å². The molecule has 0 spiro atoms. The summed E-state index contributed by atoms with van der Waals surface area (Å²) in [5, 5.41) is 5.98. The summed E-state index contributed by atoms with van der Waals surface area (Å²) >= 11 is 1.48. The molecule has 2 aromatic rings. The van der Waals surface area contributed by atoms with Crippen molar-refractivity contribution in [3.05, 3.63) is 46.5 Å². The Kier molecular flexibility index (Phi) is 4.66. The van der Waals surface area contributed by atoms with E-state index in [1.54, 1.807) is 31.2 Å². The number of hydrogen-bond donors (Lipinski definition) is 2. The minimum atomic E-state index is -1.17. The van der Waals surface area contributed by atoms with E-state index in [1.807, 2.05) is 6.07 Å². The molecule has 1 fully saturated rings. The zero-order valence-corrected chi connectivity index (χ0v) is 16.6. The number of carbonyl (C=O) groups excluding carboxylic acids is 3. The van der Waals surface area contributed by atoms with E-state index in [2.05, 4.69) is 22.5 Å². The van der Waals surface area contributed by atoms with Crippen molar-refractivity contribution in [2.24, 2.45) is 5.92 Å². The van der Waals surface area contributed by atoms with E-state index in [-0.39, 0.29) is 6.54 Å². The molecule has 2 aliphatic rings. The summed E-state index contributed by atoms with van der Waals surface area (Å²) in [5.41, 5.74) is 0.553. The van der Waals surface area contributed by atoms with Gasteiger partial charge in [0.1, 0.15) is 12.1 Å². The highest BCUT2D eigenvalue weighted by Gasteiger charge is 2.49. The summed E-state index contributed by atoms with van der Waals surface area (Å²) in [7, 11) is 0. The predicted octanol–water partition coefficient (Wildman–Crippen LogP) is 2.67. The van der Waals surface area contributed by atoms with Gasteiger partial charge in [-0.15, -0.1) is 11.3 Å². The molecule has 4 rings (SSSR count). The number of rotatable bonds is 4. The molecule has 2 N–H and O–H groups in total. The fraction of sp³-hybridized carbons (Fsp3) is 0.400. The number of benzene rings is 1. The molecule has 146 valence electrons. The maximum atomic E-state index is 12.9. The number of aryl methyl sites for hydroxylation is 1. The molecule has 0 radical (unpaired) electrons. The summed E-state index contributed by atoms with van der Waals surface area (Å²) in [6.07, 6.45) is 3.00. The van der Waals surface area contributed by atoms with Crippen molar-refractivity contribution in [3.8, 4) is 0 Å². The van der Waals surface area contributed by atoms with Crippen LogP contribution >= 0.6 is 11.3 Å². The lowest BCUT2D eigenvalue weighted by atomic mass is 9.92. The number of nitrogens with one attached hydrogen (secondary N) is 2. The topological polar surface area (TPSA) is 91.4 Å². The maximum Gasteiger partial charge on any atom is 0.325 e. The quantitative estimate of drug-likeness (QED) is 0.775. The van der Waals surface area contributed by atoms with Crippen molar-refractivity contribution in [2.45, 2.75) is 38.6 Å². The number of fused-ring (bicyclic) bond motifs is 1. The highest BCUT2D eigenvalue weighted by Crippen LogP contribution is 2.32. The highest BCUT2D eigenvalue weighted by atomic mass is 32.1. The highest BCUT2D eigenvalue weighted by molar-refractivity contribution is 7.15. The summed E-state index contributed by atoms with van der Waals surface area (Å²) in [4.78, 5) is 44.4. The largest absolute Gasteiger partial charge is 0.325 e. The normalized spacial score (nSPS) is 24.1. The van der Waals surface area contributed by atoms with Gasteiger partial charge >= 0.3 is 6.03 Å². The van der Waals surface area contributed by atoms with Crippen LogP contribution in [0, 0.1) is 5.92 Å². The van der Waals surface area contributed by atoms with Gasteiger partial charge in [-0.25, -0.2) is 9.78 Å². The number of imide groups is 1. The van der Waals surface area contributed by atoms with E-state index in [0.29, 0.717) is 16.6 Å². The Bertz CT molecular complexity index is 942. The number of urea groups is 1. The zero-order valence-electron chi connectivity index (χ0n) is 15.8. The van der Waals surface area contributed by atoms with Gasteiger partial charge in [0.15, 0.2) is 5.13 Å². The lowest BCUT2D eigenvalue weighted by Crippen LogP contribution is -2.42. The molecule has 1 saturated heterocycles. The van der Waals surface area contributed by atoms with Crippen molar-refractivity contribution in [3.63, 3.8) is 0 Å². The third kappa shape index (κ3) is 3.28. The minimum absolute atomic E-state index is 0.340. The van der Waals surface area contributed by atoms with E-state index in [4.69, 9.17) is 0 Å². The van der Waals surface area contributed by atoms with Crippen LogP contribution in [-0.4, -0.2) is 34.3 Å². The van der Waals surface area contributed by atoms with Gasteiger partial charge in [0.05, 0.1) is 5.69 Å². The van der Waals surface area contributed by atoms with Crippen LogP contribution in [0.2, 0.25) is 0 Å². The van der Waals surface area contributed by atoms with Crippen molar-refractivity contribution in [1.29, 1.82) is 0 Å². The lowest BCUT2D eigenvalue weighted by molar-refractivity contribution is -0.133. The van der Waals surface area contributed by atoms with Crippen LogP contribution < -0.4 is 10.6 Å². The molecule has 1 aliphatic carbocycles. The van der Waals surface area contributed by atoms with Crippen LogP contribution in [0.4, 0.5) is 9.93 Å². The fourth-order valence-electron chi connectivity index (χ4n) is 3.70. The number of carbonyl (C=O) groups is 3. The smallest absolute Gasteiger partial charge is 0.319 e. The number of amides is 4. The summed E-state index contributed by atoms with van der Waals surface area (Å²) in [6.45, 7) is 3.52. The second-order valence-corrected chi connectivity index (χ2v) is 8.68. The lowest BCUT2D eigenvalue weighted by Gasteiger charge is -2.21. The van der Waals surface area contributed by atoms with Crippen LogP contribution in [0.15, 0.2) is 30.3 Å². The minimum Gasteiger partial charge on any atom is -0.319 e. The Morgan fingerprint density at radius 1 is 1.36 bits per heavy atom. The first kappa shape index (κ1) is 18.6. The molecule has 28 heavy (non-hydrogen) atoms. The van der Waals surface area contributed by atoms with Gasteiger partial charge < -0.3 is 10.6 Å². The number of thiazole rings is 1. The Morgan fingerprint density at radius 3 is 2.86 bits per heavy atom. The van der Waals surface area contributed by atoms with E-state index in [9.17, 15) is 14.4 Å². The summed E-state index contributed by atoms with van der Waals surface area (Å²) < 4.78 is 0. The van der Waals surface area contributed by atoms with Crippen molar-refractivity contribution >= 4 is 34.3 Å². The van der Waals surface area contributed by atoms with Gasteiger partial charge in [-0.3, -0.25) is 14.5 Å². The predicted molar refractivity (Wildman–Crippen MR) is 106 cm³/mol. The molecule has 0 bridgehead atoms. The van der Waals surface area contributed by atoms with Crippen LogP contribution in [0.5, 0.6) is 0 Å². The average molecular weight is 398 g/mol. The molecule has 1 aliphatic heterocycles. The Balaban J connectivity index is 1.45. The third-order valence-electron chi connectivity index (χ3n) is 5.36. The van der Waals surface area contributed by atoms with Crippen LogP contribution in [0.1, 0.15) is 36.4 Å². The van der Waals surface area contributed by atoms with Crippen LogP contribution in [-0.2, 0) is 28.0 Å². The van der Waals surface area contributed by atoms with E-state index in [0.717, 1.165) is 29.9 Å². The van der Waals surface area contributed by atoms with Gasteiger partial charge in [0.2, 0.25) is 5.91 Å². The number of hydrogen-bond acceptors (Lipinski definition) is 5. The van der Waals surface area contributed by atoms with Crippen molar-refractivity contribution < 1.29 is 14.4 Å². The molecule has 2 heterocycles.